The summed E-state index contributed by atoms with van der Waals surface area (Å²) in [5, 5.41) is 3.80. The molecule has 1 heterocycles. The van der Waals surface area contributed by atoms with E-state index in [0.717, 1.165) is 29.5 Å². The summed E-state index contributed by atoms with van der Waals surface area (Å²) in [6, 6.07) is 3.12. The number of likely N-dealkylation sites (N-methyl/N-ethyl adjacent to an activating group) is 1. The Kier molecular flexibility index (Phi) is 3.61. The molecule has 0 bridgehead atoms. The fourth-order valence-corrected chi connectivity index (χ4v) is 2.14. The Balaban J connectivity index is 2.36. The van der Waals surface area contributed by atoms with Crippen LogP contribution in [0.2, 0.25) is 0 Å². The lowest BCUT2D eigenvalue weighted by Crippen LogP contribution is -2.15. The molecule has 0 unspecified atom stereocenters. The van der Waals surface area contributed by atoms with E-state index in [4.69, 9.17) is 4.42 Å². The molecule has 0 aliphatic rings. The number of rotatable bonds is 4. The monoisotopic (exact) mass is 285 g/mol. The van der Waals surface area contributed by atoms with Gasteiger partial charge in [0.15, 0.2) is 5.58 Å². The van der Waals surface area contributed by atoms with Crippen LogP contribution in [-0.4, -0.2) is 13.1 Å². The van der Waals surface area contributed by atoms with Gasteiger partial charge in [-0.1, -0.05) is 6.92 Å². The van der Waals surface area contributed by atoms with Crippen LogP contribution in [0.3, 0.4) is 0 Å². The fraction of sp³-hybridized carbons (Fsp3) is 0.333. The molecule has 0 radical (unpaired) electrons. The maximum atomic E-state index is 13.7. The molecule has 4 heteroatoms. The number of hydrogen-bond donors (Lipinski definition) is 1. The first kappa shape index (κ1) is 11.6. The van der Waals surface area contributed by atoms with Crippen molar-refractivity contribution in [3.8, 4) is 0 Å². The number of benzene rings is 1. The van der Waals surface area contributed by atoms with Gasteiger partial charge < -0.3 is 9.73 Å². The average molecular weight is 286 g/mol. The highest BCUT2D eigenvalue weighted by Gasteiger charge is 2.12. The van der Waals surface area contributed by atoms with Crippen LogP contribution in [-0.2, 0) is 6.42 Å². The van der Waals surface area contributed by atoms with E-state index in [1.165, 1.54) is 6.07 Å². The van der Waals surface area contributed by atoms with Crippen molar-refractivity contribution in [1.29, 1.82) is 0 Å². The van der Waals surface area contributed by atoms with Gasteiger partial charge in [-0.2, -0.15) is 0 Å². The van der Waals surface area contributed by atoms with Crippen molar-refractivity contribution >= 4 is 26.9 Å². The van der Waals surface area contributed by atoms with Gasteiger partial charge in [0.05, 0.1) is 16.1 Å². The molecule has 0 aliphatic carbocycles. The van der Waals surface area contributed by atoms with Gasteiger partial charge in [0.1, 0.15) is 5.82 Å². The molecule has 0 atom stereocenters. The third-order valence-corrected chi connectivity index (χ3v) is 3.14. The summed E-state index contributed by atoms with van der Waals surface area (Å²) in [4.78, 5) is 0. The third kappa shape index (κ3) is 2.13. The second-order valence-electron chi connectivity index (χ2n) is 3.60. The van der Waals surface area contributed by atoms with Gasteiger partial charge in [-0.05, 0) is 47.6 Å². The van der Waals surface area contributed by atoms with Crippen LogP contribution >= 0.6 is 15.9 Å². The van der Waals surface area contributed by atoms with Crippen LogP contribution in [0.1, 0.15) is 12.5 Å². The van der Waals surface area contributed by atoms with Crippen LogP contribution in [0.4, 0.5) is 4.39 Å². The van der Waals surface area contributed by atoms with Crippen LogP contribution < -0.4 is 5.32 Å². The maximum absolute atomic E-state index is 13.7. The minimum Gasteiger partial charge on any atom is -0.463 e. The Morgan fingerprint density at radius 3 is 3.00 bits per heavy atom. The normalized spacial score (nSPS) is 11.2. The molecule has 0 fully saturated rings. The first-order chi connectivity index (χ1) is 7.74. The van der Waals surface area contributed by atoms with Crippen molar-refractivity contribution in [2.75, 3.05) is 13.1 Å². The van der Waals surface area contributed by atoms with Gasteiger partial charge in [-0.15, -0.1) is 0 Å². The summed E-state index contributed by atoms with van der Waals surface area (Å²) in [7, 11) is 0. The Hall–Kier alpha value is -0.870. The van der Waals surface area contributed by atoms with Gasteiger partial charge >= 0.3 is 0 Å². The summed E-state index contributed by atoms with van der Waals surface area (Å²) in [5.74, 6) is -0.224. The van der Waals surface area contributed by atoms with E-state index in [9.17, 15) is 4.39 Å². The topological polar surface area (TPSA) is 25.2 Å². The van der Waals surface area contributed by atoms with Gasteiger partial charge in [0.25, 0.3) is 0 Å². The third-order valence-electron chi connectivity index (χ3n) is 2.52. The Morgan fingerprint density at radius 1 is 1.44 bits per heavy atom. The lowest BCUT2D eigenvalue weighted by Gasteiger charge is -2.00. The number of nitrogens with one attached hydrogen (secondary N) is 1. The molecule has 0 amide bonds. The van der Waals surface area contributed by atoms with Crippen LogP contribution in [0.15, 0.2) is 27.3 Å². The quantitative estimate of drug-likeness (QED) is 0.870. The van der Waals surface area contributed by atoms with Crippen molar-refractivity contribution in [1.82, 2.24) is 5.32 Å². The molecule has 2 nitrogen and oxygen atoms in total. The van der Waals surface area contributed by atoms with E-state index in [1.807, 2.05) is 6.92 Å². The van der Waals surface area contributed by atoms with Crippen molar-refractivity contribution in [3.05, 3.63) is 34.2 Å². The Morgan fingerprint density at radius 2 is 2.25 bits per heavy atom. The Bertz CT molecular complexity index is 495. The number of furan rings is 1. The fourth-order valence-electron chi connectivity index (χ4n) is 1.72. The SMILES string of the molecule is CCNCCc1coc2c(Br)ccc(F)c12. The highest BCUT2D eigenvalue weighted by molar-refractivity contribution is 9.10. The second-order valence-corrected chi connectivity index (χ2v) is 4.45. The van der Waals surface area contributed by atoms with Crippen LogP contribution in [0.5, 0.6) is 0 Å². The number of hydrogen-bond acceptors (Lipinski definition) is 2. The molecule has 0 aliphatic heterocycles. The van der Waals surface area contributed by atoms with E-state index < -0.39 is 0 Å². The largest absolute Gasteiger partial charge is 0.463 e. The maximum Gasteiger partial charge on any atom is 0.151 e. The van der Waals surface area contributed by atoms with Crippen LogP contribution in [0, 0.1) is 5.82 Å². The smallest absolute Gasteiger partial charge is 0.151 e. The standard InChI is InChI=1S/C12H13BrFNO/c1-2-15-6-5-8-7-16-12-9(13)3-4-10(14)11(8)12/h3-4,7,15H,2,5-6H2,1H3. The zero-order valence-electron chi connectivity index (χ0n) is 9.02. The van der Waals surface area contributed by atoms with Crippen molar-refractivity contribution in [3.63, 3.8) is 0 Å². The molecule has 0 saturated carbocycles. The number of halogens is 2. The molecule has 1 aromatic heterocycles. The molecule has 16 heavy (non-hydrogen) atoms. The first-order valence-corrected chi connectivity index (χ1v) is 6.08. The van der Waals surface area contributed by atoms with Crippen molar-refractivity contribution in [2.24, 2.45) is 0 Å². The average Bonchev–Trinajstić information content (AvgIpc) is 2.69. The molecule has 2 rings (SSSR count). The van der Waals surface area contributed by atoms with Gasteiger partial charge in [-0.25, -0.2) is 4.39 Å². The zero-order chi connectivity index (χ0) is 11.5. The second kappa shape index (κ2) is 4.97. The molecule has 86 valence electrons. The summed E-state index contributed by atoms with van der Waals surface area (Å²) >= 11 is 3.35. The van der Waals surface area contributed by atoms with E-state index in [1.54, 1.807) is 12.3 Å². The van der Waals surface area contributed by atoms with E-state index in [2.05, 4.69) is 21.2 Å². The lowest BCUT2D eigenvalue weighted by atomic mass is 10.1. The minimum absolute atomic E-state index is 0.224. The van der Waals surface area contributed by atoms with E-state index >= 15 is 0 Å². The minimum atomic E-state index is -0.224. The van der Waals surface area contributed by atoms with Crippen LogP contribution in [0.25, 0.3) is 11.0 Å². The molecular formula is C12H13BrFNO. The molecule has 1 aromatic carbocycles. The molecule has 0 spiro atoms. The van der Waals surface area contributed by atoms with E-state index in [-0.39, 0.29) is 5.82 Å². The highest BCUT2D eigenvalue weighted by atomic mass is 79.9. The van der Waals surface area contributed by atoms with Gasteiger partial charge in [0.2, 0.25) is 0 Å². The lowest BCUT2D eigenvalue weighted by molar-refractivity contribution is 0.603. The highest BCUT2D eigenvalue weighted by Crippen LogP contribution is 2.30. The van der Waals surface area contributed by atoms with Gasteiger partial charge in [-0.3, -0.25) is 0 Å². The Labute approximate surface area is 102 Å². The summed E-state index contributed by atoms with van der Waals surface area (Å²) in [6.45, 7) is 3.80. The summed E-state index contributed by atoms with van der Waals surface area (Å²) in [5.41, 5.74) is 1.50. The van der Waals surface area contributed by atoms with E-state index in [0.29, 0.717) is 11.0 Å². The number of fused-ring (bicyclic) bond motifs is 1. The zero-order valence-corrected chi connectivity index (χ0v) is 10.6. The van der Waals surface area contributed by atoms with Crippen molar-refractivity contribution < 1.29 is 8.81 Å². The molecule has 1 N–H and O–H groups in total. The first-order valence-electron chi connectivity index (χ1n) is 5.28. The van der Waals surface area contributed by atoms with Crippen molar-refractivity contribution in [2.45, 2.75) is 13.3 Å². The molecular weight excluding hydrogens is 273 g/mol. The molecule has 2 aromatic rings. The predicted octanol–water partition coefficient (Wildman–Crippen LogP) is 3.49. The summed E-state index contributed by atoms with van der Waals surface area (Å²) < 4.78 is 19.8. The molecule has 0 saturated heterocycles. The predicted molar refractivity (Wildman–Crippen MR) is 66.1 cm³/mol. The summed E-state index contributed by atoms with van der Waals surface area (Å²) in [6.07, 6.45) is 2.41. The van der Waals surface area contributed by atoms with Gasteiger partial charge in [0, 0.05) is 5.56 Å².